The van der Waals surface area contributed by atoms with Crippen LogP contribution in [-0.4, -0.2) is 21.6 Å². The summed E-state index contributed by atoms with van der Waals surface area (Å²) in [6, 6.07) is 5.95. The lowest BCUT2D eigenvalue weighted by molar-refractivity contribution is -0.0498. The fourth-order valence-corrected chi connectivity index (χ4v) is 1.62. The third-order valence-corrected chi connectivity index (χ3v) is 2.47. The second kappa shape index (κ2) is 6.20. The normalized spacial score (nSPS) is 10.3. The van der Waals surface area contributed by atoms with Crippen LogP contribution in [0.15, 0.2) is 36.7 Å². The molecule has 0 bridgehead atoms. The lowest BCUT2D eigenvalue weighted by Crippen LogP contribution is -2.14. The first kappa shape index (κ1) is 14.1. The average molecular weight is 296 g/mol. The molecular weight excluding hydrogens is 286 g/mol. The number of nitrogens with two attached hydrogens (primary N) is 1. The van der Waals surface area contributed by atoms with Crippen molar-refractivity contribution in [1.82, 2.24) is 9.97 Å². The summed E-state index contributed by atoms with van der Waals surface area (Å²) in [5.74, 6) is 0.460. The average Bonchev–Trinajstić information content (AvgIpc) is 2.41. The molecule has 0 spiro atoms. The minimum Gasteiger partial charge on any atom is -0.435 e. The van der Waals surface area contributed by atoms with E-state index in [1.807, 2.05) is 0 Å². The van der Waals surface area contributed by atoms with Crippen LogP contribution in [0, 0.1) is 0 Å². The molecule has 0 saturated carbocycles. The second-order valence-electron chi connectivity index (χ2n) is 3.65. The highest BCUT2D eigenvalue weighted by Crippen LogP contribution is 2.21. The molecule has 0 unspecified atom stereocenters. The summed E-state index contributed by atoms with van der Waals surface area (Å²) >= 11 is 4.87. The molecule has 2 rings (SSSR count). The smallest absolute Gasteiger partial charge is 0.387 e. The lowest BCUT2D eigenvalue weighted by atomic mass is 10.3. The standard InChI is InChI=1S/C12H10F2N4OS/c13-12(14)19-8-3-1-7(2-4-8)18-11-9(10(15)20)16-5-6-17-11/h1-6,12H,(H2,15,20)(H,17,18). The number of ether oxygens (including phenoxy) is 1. The molecule has 0 aliphatic heterocycles. The number of benzene rings is 1. The third kappa shape index (κ3) is 3.58. The van der Waals surface area contributed by atoms with E-state index in [1.54, 1.807) is 12.1 Å². The zero-order valence-corrected chi connectivity index (χ0v) is 10.9. The molecule has 1 heterocycles. The first-order chi connectivity index (χ1) is 9.56. The SMILES string of the molecule is NC(=S)c1nccnc1Nc1ccc(OC(F)F)cc1. The molecule has 0 aliphatic carbocycles. The van der Waals surface area contributed by atoms with Crippen LogP contribution in [0.3, 0.4) is 0 Å². The molecule has 0 radical (unpaired) electrons. The van der Waals surface area contributed by atoms with Crippen LogP contribution < -0.4 is 15.8 Å². The van der Waals surface area contributed by atoms with Gasteiger partial charge in [-0.05, 0) is 24.3 Å². The number of alkyl halides is 2. The van der Waals surface area contributed by atoms with Crippen molar-refractivity contribution in [2.75, 3.05) is 5.32 Å². The summed E-state index contributed by atoms with van der Waals surface area (Å²) in [7, 11) is 0. The zero-order valence-electron chi connectivity index (χ0n) is 10.1. The molecule has 0 fully saturated rings. The maximum atomic E-state index is 12.0. The molecule has 20 heavy (non-hydrogen) atoms. The minimum absolute atomic E-state index is 0.0688. The van der Waals surface area contributed by atoms with Gasteiger partial charge in [0.15, 0.2) is 5.82 Å². The summed E-state index contributed by atoms with van der Waals surface area (Å²) in [4.78, 5) is 8.20. The summed E-state index contributed by atoms with van der Waals surface area (Å²) in [6.45, 7) is -2.85. The molecular formula is C12H10F2N4OS. The Bertz CT molecular complexity index is 607. The van der Waals surface area contributed by atoms with Crippen molar-refractivity contribution in [3.8, 4) is 5.75 Å². The first-order valence-corrected chi connectivity index (χ1v) is 5.90. The summed E-state index contributed by atoms with van der Waals surface area (Å²) in [5, 5.41) is 2.95. The third-order valence-electron chi connectivity index (χ3n) is 2.27. The lowest BCUT2D eigenvalue weighted by Gasteiger charge is -2.10. The monoisotopic (exact) mass is 296 g/mol. The number of hydrogen-bond acceptors (Lipinski definition) is 5. The quantitative estimate of drug-likeness (QED) is 0.826. The van der Waals surface area contributed by atoms with Crippen LogP contribution in [0.25, 0.3) is 0 Å². The number of nitrogens with zero attached hydrogens (tertiary/aromatic N) is 2. The predicted octanol–water partition coefficient (Wildman–Crippen LogP) is 2.46. The van der Waals surface area contributed by atoms with Gasteiger partial charge in [0.05, 0.1) is 0 Å². The van der Waals surface area contributed by atoms with E-state index in [2.05, 4.69) is 20.0 Å². The van der Waals surface area contributed by atoms with Gasteiger partial charge < -0.3 is 15.8 Å². The Morgan fingerprint density at radius 3 is 2.45 bits per heavy atom. The van der Waals surface area contributed by atoms with Crippen LogP contribution in [0.2, 0.25) is 0 Å². The number of aromatic nitrogens is 2. The van der Waals surface area contributed by atoms with Crippen molar-refractivity contribution >= 4 is 28.7 Å². The van der Waals surface area contributed by atoms with Gasteiger partial charge in [-0.1, -0.05) is 12.2 Å². The Balaban J connectivity index is 2.16. The van der Waals surface area contributed by atoms with E-state index >= 15 is 0 Å². The summed E-state index contributed by atoms with van der Waals surface area (Å²) in [5.41, 5.74) is 6.50. The zero-order chi connectivity index (χ0) is 14.5. The van der Waals surface area contributed by atoms with Crippen molar-refractivity contribution in [2.45, 2.75) is 6.61 Å². The van der Waals surface area contributed by atoms with Gasteiger partial charge in [-0.3, -0.25) is 0 Å². The number of nitrogens with one attached hydrogen (secondary N) is 1. The molecule has 5 nitrogen and oxygen atoms in total. The fourth-order valence-electron chi connectivity index (χ4n) is 1.47. The molecule has 0 aliphatic rings. The first-order valence-electron chi connectivity index (χ1n) is 5.49. The molecule has 104 valence electrons. The summed E-state index contributed by atoms with van der Waals surface area (Å²) in [6.07, 6.45) is 2.96. The van der Waals surface area contributed by atoms with Gasteiger partial charge in [0.1, 0.15) is 16.4 Å². The van der Waals surface area contributed by atoms with Crippen molar-refractivity contribution in [3.63, 3.8) is 0 Å². The van der Waals surface area contributed by atoms with Gasteiger partial charge in [0, 0.05) is 18.1 Å². The van der Waals surface area contributed by atoms with E-state index in [9.17, 15) is 8.78 Å². The highest BCUT2D eigenvalue weighted by molar-refractivity contribution is 7.80. The van der Waals surface area contributed by atoms with Crippen LogP contribution in [0.5, 0.6) is 5.75 Å². The van der Waals surface area contributed by atoms with Gasteiger partial charge in [-0.25, -0.2) is 9.97 Å². The van der Waals surface area contributed by atoms with E-state index in [4.69, 9.17) is 18.0 Å². The Labute approximate surface area is 118 Å². The largest absolute Gasteiger partial charge is 0.435 e. The highest BCUT2D eigenvalue weighted by atomic mass is 32.1. The van der Waals surface area contributed by atoms with Crippen LogP contribution in [0.1, 0.15) is 5.69 Å². The fraction of sp³-hybridized carbons (Fsp3) is 0.0833. The number of anilines is 2. The van der Waals surface area contributed by atoms with Crippen LogP contribution in [0.4, 0.5) is 20.3 Å². The topological polar surface area (TPSA) is 73.1 Å². The number of thiocarbonyl (C=S) groups is 1. The predicted molar refractivity (Wildman–Crippen MR) is 74.3 cm³/mol. The van der Waals surface area contributed by atoms with Crippen molar-refractivity contribution in [2.24, 2.45) is 5.73 Å². The molecule has 1 aromatic carbocycles. The van der Waals surface area contributed by atoms with Crippen molar-refractivity contribution in [3.05, 3.63) is 42.4 Å². The molecule has 3 N–H and O–H groups in total. The van der Waals surface area contributed by atoms with E-state index < -0.39 is 6.61 Å². The highest BCUT2D eigenvalue weighted by Gasteiger charge is 2.08. The van der Waals surface area contributed by atoms with Crippen molar-refractivity contribution in [1.29, 1.82) is 0 Å². The molecule has 0 saturated heterocycles. The minimum atomic E-state index is -2.85. The van der Waals surface area contributed by atoms with Gasteiger partial charge in [-0.2, -0.15) is 8.78 Å². The van der Waals surface area contributed by atoms with E-state index in [-0.39, 0.29) is 10.7 Å². The second-order valence-corrected chi connectivity index (χ2v) is 4.09. The number of halogens is 2. The van der Waals surface area contributed by atoms with Gasteiger partial charge in [0.25, 0.3) is 0 Å². The van der Waals surface area contributed by atoms with Crippen LogP contribution in [-0.2, 0) is 0 Å². The Hall–Kier alpha value is -2.35. The molecule has 1 aromatic heterocycles. The van der Waals surface area contributed by atoms with E-state index in [0.717, 1.165) is 0 Å². The molecule has 2 aromatic rings. The van der Waals surface area contributed by atoms with Crippen LogP contribution >= 0.6 is 12.2 Å². The number of rotatable bonds is 5. The van der Waals surface area contributed by atoms with Gasteiger partial charge in [0.2, 0.25) is 0 Å². The Morgan fingerprint density at radius 2 is 1.85 bits per heavy atom. The van der Waals surface area contributed by atoms with E-state index in [0.29, 0.717) is 17.2 Å². The van der Waals surface area contributed by atoms with E-state index in [1.165, 1.54) is 24.5 Å². The Kier molecular flexibility index (Phi) is 4.36. The van der Waals surface area contributed by atoms with Gasteiger partial charge >= 0.3 is 6.61 Å². The van der Waals surface area contributed by atoms with Crippen molar-refractivity contribution < 1.29 is 13.5 Å². The summed E-state index contributed by atoms with van der Waals surface area (Å²) < 4.78 is 28.3. The van der Waals surface area contributed by atoms with Gasteiger partial charge in [-0.15, -0.1) is 0 Å². The molecule has 0 amide bonds. The maximum Gasteiger partial charge on any atom is 0.387 e. The molecule has 0 atom stereocenters. The Morgan fingerprint density at radius 1 is 1.20 bits per heavy atom. The maximum absolute atomic E-state index is 12.0. The number of hydrogen-bond donors (Lipinski definition) is 2. The molecule has 8 heteroatoms.